The SMILES string of the molecule is COc1cc2c(cc1N)-c1c(-c3cccs3)c3c(n1CC2)C(=O)N(C(C)(C)C)CCC3. The number of nitrogens with zero attached hydrogens (tertiary/aromatic N) is 2. The zero-order valence-corrected chi connectivity index (χ0v) is 19.4. The van der Waals surface area contributed by atoms with Crippen molar-refractivity contribution in [3.05, 3.63) is 46.5 Å². The van der Waals surface area contributed by atoms with E-state index in [4.69, 9.17) is 10.5 Å². The lowest BCUT2D eigenvalue weighted by atomic mass is 9.93. The standard InChI is InChI=1S/C25H29N3O2S/c1-25(2,3)28-10-5-7-16-21(20-8-6-12-31-20)22-17-14-18(26)19(30-4)13-15(17)9-11-27(22)23(16)24(28)29/h6,8,12-14H,5,7,9-11,26H2,1-4H3. The number of carbonyl (C=O) groups is 1. The van der Waals surface area contributed by atoms with Crippen molar-refractivity contribution in [3.8, 4) is 27.4 Å². The summed E-state index contributed by atoms with van der Waals surface area (Å²) in [6, 6.07) is 8.34. The molecule has 0 radical (unpaired) electrons. The van der Waals surface area contributed by atoms with Gasteiger partial charge in [-0.2, -0.15) is 0 Å². The second kappa shape index (κ2) is 7.16. The number of ether oxygens (including phenoxy) is 1. The average molecular weight is 436 g/mol. The summed E-state index contributed by atoms with van der Waals surface area (Å²) in [7, 11) is 1.66. The van der Waals surface area contributed by atoms with Crippen molar-refractivity contribution in [1.29, 1.82) is 0 Å². The lowest BCUT2D eigenvalue weighted by Crippen LogP contribution is -2.46. The highest BCUT2D eigenvalue weighted by Crippen LogP contribution is 2.47. The van der Waals surface area contributed by atoms with Crippen molar-refractivity contribution in [3.63, 3.8) is 0 Å². The highest BCUT2D eigenvalue weighted by molar-refractivity contribution is 7.13. The van der Waals surface area contributed by atoms with Crippen LogP contribution in [0.3, 0.4) is 0 Å². The number of anilines is 1. The number of fused-ring (bicyclic) bond motifs is 5. The largest absolute Gasteiger partial charge is 0.495 e. The molecule has 5 rings (SSSR count). The van der Waals surface area contributed by atoms with Crippen LogP contribution in [-0.2, 0) is 19.4 Å². The van der Waals surface area contributed by atoms with Gasteiger partial charge >= 0.3 is 0 Å². The Hall–Kier alpha value is -2.73. The molecular weight excluding hydrogens is 406 g/mol. The summed E-state index contributed by atoms with van der Waals surface area (Å²) in [4.78, 5) is 17.1. The number of aryl methyl sites for hydroxylation is 1. The van der Waals surface area contributed by atoms with Gasteiger partial charge in [-0.05, 0) is 74.7 Å². The summed E-state index contributed by atoms with van der Waals surface area (Å²) in [6.45, 7) is 7.94. The third kappa shape index (κ3) is 3.07. The molecule has 0 saturated heterocycles. The van der Waals surface area contributed by atoms with Crippen LogP contribution in [0.2, 0.25) is 0 Å². The van der Waals surface area contributed by atoms with E-state index in [9.17, 15) is 4.79 Å². The molecule has 0 spiro atoms. The van der Waals surface area contributed by atoms with Crippen molar-refractivity contribution in [2.75, 3.05) is 19.4 Å². The second-order valence-corrected chi connectivity index (χ2v) is 10.4. The maximum atomic E-state index is 13.9. The maximum absolute atomic E-state index is 13.9. The van der Waals surface area contributed by atoms with Crippen LogP contribution >= 0.6 is 11.3 Å². The first-order chi connectivity index (χ1) is 14.8. The lowest BCUT2D eigenvalue weighted by molar-refractivity contribution is 0.0579. The summed E-state index contributed by atoms with van der Waals surface area (Å²) in [6.07, 6.45) is 2.73. The van der Waals surface area contributed by atoms with Crippen LogP contribution in [0.1, 0.15) is 48.8 Å². The van der Waals surface area contributed by atoms with Gasteiger partial charge in [-0.15, -0.1) is 11.3 Å². The van der Waals surface area contributed by atoms with Crippen LogP contribution in [0.15, 0.2) is 29.6 Å². The number of methoxy groups -OCH3 is 1. The minimum Gasteiger partial charge on any atom is -0.495 e. The molecule has 31 heavy (non-hydrogen) atoms. The van der Waals surface area contributed by atoms with Crippen LogP contribution in [0.25, 0.3) is 21.7 Å². The number of hydrogen-bond acceptors (Lipinski definition) is 4. The highest BCUT2D eigenvalue weighted by Gasteiger charge is 2.38. The fourth-order valence-electron chi connectivity index (χ4n) is 5.11. The number of carbonyl (C=O) groups excluding carboxylic acids is 1. The van der Waals surface area contributed by atoms with Crippen molar-refractivity contribution >= 4 is 22.9 Å². The zero-order valence-electron chi connectivity index (χ0n) is 18.6. The van der Waals surface area contributed by atoms with Crippen molar-refractivity contribution in [2.24, 2.45) is 0 Å². The zero-order chi connectivity index (χ0) is 21.9. The predicted octanol–water partition coefficient (Wildman–Crippen LogP) is 5.22. The number of hydrogen-bond donors (Lipinski definition) is 1. The Kier molecular flexibility index (Phi) is 4.66. The van der Waals surface area contributed by atoms with Gasteiger partial charge in [-0.3, -0.25) is 4.79 Å². The Bertz CT molecular complexity index is 1170. The van der Waals surface area contributed by atoms with Crippen molar-refractivity contribution in [2.45, 2.75) is 52.1 Å². The van der Waals surface area contributed by atoms with E-state index in [1.165, 1.54) is 21.6 Å². The normalized spacial score (nSPS) is 15.9. The Morgan fingerprint density at radius 1 is 1.13 bits per heavy atom. The van der Waals surface area contributed by atoms with Gasteiger partial charge in [-0.1, -0.05) is 6.07 Å². The van der Waals surface area contributed by atoms with E-state index in [1.54, 1.807) is 18.4 Å². The molecule has 2 N–H and O–H groups in total. The molecule has 5 nitrogen and oxygen atoms in total. The molecule has 0 saturated carbocycles. The minimum atomic E-state index is -0.211. The highest BCUT2D eigenvalue weighted by atomic mass is 32.1. The van der Waals surface area contributed by atoms with Gasteiger partial charge in [-0.25, -0.2) is 0 Å². The molecule has 3 aromatic rings. The average Bonchev–Trinajstić information content (AvgIpc) is 3.31. The van der Waals surface area contributed by atoms with Crippen LogP contribution in [0.5, 0.6) is 5.75 Å². The molecule has 2 aliphatic heterocycles. The Morgan fingerprint density at radius 3 is 2.61 bits per heavy atom. The first-order valence-corrected chi connectivity index (χ1v) is 11.8. The number of aromatic nitrogens is 1. The molecule has 0 unspecified atom stereocenters. The predicted molar refractivity (Wildman–Crippen MR) is 127 cm³/mol. The van der Waals surface area contributed by atoms with E-state index < -0.39 is 0 Å². The summed E-state index contributed by atoms with van der Waals surface area (Å²) >= 11 is 1.73. The topological polar surface area (TPSA) is 60.5 Å². The van der Waals surface area contributed by atoms with Crippen LogP contribution < -0.4 is 10.5 Å². The van der Waals surface area contributed by atoms with Crippen LogP contribution in [0.4, 0.5) is 5.69 Å². The number of nitrogen functional groups attached to an aromatic ring is 1. The Balaban J connectivity index is 1.82. The third-order valence-corrected chi connectivity index (χ3v) is 7.40. The molecule has 2 aromatic heterocycles. The summed E-state index contributed by atoms with van der Waals surface area (Å²) in [5.74, 6) is 0.863. The minimum absolute atomic E-state index is 0.147. The Morgan fingerprint density at radius 2 is 1.94 bits per heavy atom. The number of benzene rings is 1. The quantitative estimate of drug-likeness (QED) is 0.562. The first kappa shape index (κ1) is 20.2. The molecule has 162 valence electrons. The van der Waals surface area contributed by atoms with E-state index in [0.29, 0.717) is 11.4 Å². The maximum Gasteiger partial charge on any atom is 0.271 e. The molecule has 1 aromatic carbocycles. The number of nitrogens with two attached hydrogens (primary N) is 1. The molecule has 2 aliphatic rings. The van der Waals surface area contributed by atoms with E-state index >= 15 is 0 Å². The molecule has 0 aliphatic carbocycles. The number of thiophene rings is 1. The summed E-state index contributed by atoms with van der Waals surface area (Å²) < 4.78 is 7.75. The van der Waals surface area contributed by atoms with Gasteiger partial charge < -0.3 is 19.9 Å². The van der Waals surface area contributed by atoms with Gasteiger partial charge in [0.05, 0.1) is 18.5 Å². The monoisotopic (exact) mass is 435 g/mol. The number of rotatable bonds is 2. The van der Waals surface area contributed by atoms with Crippen LogP contribution in [0, 0.1) is 0 Å². The fourth-order valence-corrected chi connectivity index (χ4v) is 5.91. The van der Waals surface area contributed by atoms with Crippen molar-refractivity contribution in [1.82, 2.24) is 9.47 Å². The molecule has 4 heterocycles. The fraction of sp³-hybridized carbons (Fsp3) is 0.400. The molecule has 0 bridgehead atoms. The van der Waals surface area contributed by atoms with Gasteiger partial charge in [0.1, 0.15) is 11.4 Å². The molecular formula is C25H29N3O2S. The van der Waals surface area contributed by atoms with Crippen LogP contribution in [-0.4, -0.2) is 34.6 Å². The van der Waals surface area contributed by atoms with E-state index in [1.807, 2.05) is 11.0 Å². The van der Waals surface area contributed by atoms with Gasteiger partial charge in [0.15, 0.2) is 0 Å². The van der Waals surface area contributed by atoms with E-state index in [2.05, 4.69) is 48.9 Å². The van der Waals surface area contributed by atoms with Gasteiger partial charge in [0.25, 0.3) is 5.91 Å². The molecule has 6 heteroatoms. The Labute approximate surface area is 187 Å². The molecule has 0 atom stereocenters. The van der Waals surface area contributed by atoms with Gasteiger partial charge in [0.2, 0.25) is 0 Å². The summed E-state index contributed by atoms with van der Waals surface area (Å²) in [5.41, 5.74) is 13.5. The lowest BCUT2D eigenvalue weighted by Gasteiger charge is -2.35. The first-order valence-electron chi connectivity index (χ1n) is 10.9. The molecule has 1 amide bonds. The smallest absolute Gasteiger partial charge is 0.271 e. The second-order valence-electron chi connectivity index (χ2n) is 9.41. The van der Waals surface area contributed by atoms with Crippen molar-refractivity contribution < 1.29 is 9.53 Å². The van der Waals surface area contributed by atoms with Gasteiger partial charge in [0, 0.05) is 34.6 Å². The van der Waals surface area contributed by atoms with E-state index in [-0.39, 0.29) is 11.4 Å². The number of amides is 1. The van der Waals surface area contributed by atoms with E-state index in [0.717, 1.165) is 49.3 Å². The molecule has 0 fully saturated rings. The summed E-state index contributed by atoms with van der Waals surface area (Å²) in [5, 5.41) is 2.11. The third-order valence-electron chi connectivity index (χ3n) is 6.51.